The van der Waals surface area contributed by atoms with Gasteiger partial charge >= 0.3 is 6.18 Å². The number of hydrogen-bond donors (Lipinski definition) is 2. The molecule has 0 saturated carbocycles. The van der Waals surface area contributed by atoms with Gasteiger partial charge in [-0.3, -0.25) is 4.79 Å². The molecule has 1 amide bonds. The van der Waals surface area contributed by atoms with Gasteiger partial charge in [0.05, 0.1) is 22.0 Å². The average molecular weight is 361 g/mol. The SMILES string of the molecule is Nc1cccc(SCC(=O)Nc2cc(C(F)(F)F)ccc2Cl)c1. The normalized spacial score (nSPS) is 11.3. The summed E-state index contributed by atoms with van der Waals surface area (Å²) in [5.41, 5.74) is 5.25. The molecule has 0 unspecified atom stereocenters. The maximum absolute atomic E-state index is 12.7. The lowest BCUT2D eigenvalue weighted by atomic mass is 10.2. The van der Waals surface area contributed by atoms with Gasteiger partial charge in [-0.2, -0.15) is 13.2 Å². The summed E-state index contributed by atoms with van der Waals surface area (Å²) in [5, 5.41) is 2.43. The highest BCUT2D eigenvalue weighted by Gasteiger charge is 2.31. The number of anilines is 2. The fourth-order valence-electron chi connectivity index (χ4n) is 1.74. The number of rotatable bonds is 4. The number of carbonyl (C=O) groups is 1. The molecule has 3 nitrogen and oxygen atoms in total. The van der Waals surface area contributed by atoms with Crippen LogP contribution >= 0.6 is 23.4 Å². The first kappa shape index (κ1) is 17.5. The van der Waals surface area contributed by atoms with Gasteiger partial charge in [0.2, 0.25) is 5.91 Å². The number of nitrogen functional groups attached to an aromatic ring is 1. The minimum Gasteiger partial charge on any atom is -0.399 e. The third kappa shape index (κ3) is 5.07. The van der Waals surface area contributed by atoms with Crippen molar-refractivity contribution in [2.24, 2.45) is 0 Å². The van der Waals surface area contributed by atoms with Gasteiger partial charge in [0.1, 0.15) is 0 Å². The Balaban J connectivity index is 2.02. The van der Waals surface area contributed by atoms with Crippen LogP contribution in [0.4, 0.5) is 24.5 Å². The van der Waals surface area contributed by atoms with Crippen LogP contribution in [0, 0.1) is 0 Å². The zero-order valence-electron chi connectivity index (χ0n) is 11.7. The van der Waals surface area contributed by atoms with Gasteiger partial charge in [-0.05, 0) is 36.4 Å². The van der Waals surface area contributed by atoms with E-state index < -0.39 is 17.6 Å². The van der Waals surface area contributed by atoms with Crippen molar-refractivity contribution < 1.29 is 18.0 Å². The van der Waals surface area contributed by atoms with Crippen LogP contribution in [-0.2, 0) is 11.0 Å². The number of amides is 1. The van der Waals surface area contributed by atoms with Gasteiger partial charge in [0, 0.05) is 10.6 Å². The number of carbonyl (C=O) groups excluding carboxylic acids is 1. The summed E-state index contributed by atoms with van der Waals surface area (Å²) >= 11 is 7.04. The van der Waals surface area contributed by atoms with Gasteiger partial charge in [-0.15, -0.1) is 11.8 Å². The first-order valence-corrected chi connectivity index (χ1v) is 7.77. The van der Waals surface area contributed by atoms with Crippen molar-refractivity contribution in [1.82, 2.24) is 0 Å². The summed E-state index contributed by atoms with van der Waals surface area (Å²) in [5.74, 6) is -0.436. The van der Waals surface area contributed by atoms with E-state index in [-0.39, 0.29) is 16.5 Å². The summed E-state index contributed by atoms with van der Waals surface area (Å²) in [6, 6.07) is 9.72. The highest BCUT2D eigenvalue weighted by atomic mass is 35.5. The fraction of sp³-hybridized carbons (Fsp3) is 0.133. The van der Waals surface area contributed by atoms with E-state index in [4.69, 9.17) is 17.3 Å². The summed E-state index contributed by atoms with van der Waals surface area (Å²) in [6.07, 6.45) is -4.50. The Bertz CT molecular complexity index is 722. The predicted octanol–water partition coefficient (Wildman–Crippen LogP) is 4.67. The van der Waals surface area contributed by atoms with Crippen molar-refractivity contribution in [3.63, 3.8) is 0 Å². The van der Waals surface area contributed by atoms with E-state index in [1.54, 1.807) is 24.3 Å². The molecule has 0 spiro atoms. The Kier molecular flexibility index (Phi) is 5.43. The highest BCUT2D eigenvalue weighted by molar-refractivity contribution is 8.00. The highest BCUT2D eigenvalue weighted by Crippen LogP contribution is 2.34. The number of halogens is 4. The first-order chi connectivity index (χ1) is 10.8. The Morgan fingerprint density at radius 2 is 1.96 bits per heavy atom. The second-order valence-corrected chi connectivity index (χ2v) is 6.06. The minimum absolute atomic E-state index is 0.0238. The molecule has 0 aliphatic heterocycles. The molecule has 0 fully saturated rings. The van der Waals surface area contributed by atoms with Crippen LogP contribution in [0.2, 0.25) is 5.02 Å². The largest absolute Gasteiger partial charge is 0.416 e. The molecule has 2 rings (SSSR count). The monoisotopic (exact) mass is 360 g/mol. The second-order valence-electron chi connectivity index (χ2n) is 4.60. The van der Waals surface area contributed by atoms with Gasteiger partial charge in [0.15, 0.2) is 0 Å². The third-order valence-electron chi connectivity index (χ3n) is 2.80. The number of benzene rings is 2. The first-order valence-electron chi connectivity index (χ1n) is 6.40. The average Bonchev–Trinajstić information content (AvgIpc) is 2.46. The summed E-state index contributed by atoms with van der Waals surface area (Å²) in [7, 11) is 0. The van der Waals surface area contributed by atoms with Crippen LogP contribution in [0.15, 0.2) is 47.4 Å². The van der Waals surface area contributed by atoms with Gasteiger partial charge < -0.3 is 11.1 Å². The predicted molar refractivity (Wildman–Crippen MR) is 86.7 cm³/mol. The molecular weight excluding hydrogens is 349 g/mol. The van der Waals surface area contributed by atoms with Crippen LogP contribution < -0.4 is 11.1 Å². The Morgan fingerprint density at radius 1 is 1.22 bits per heavy atom. The zero-order valence-corrected chi connectivity index (χ0v) is 13.2. The van der Waals surface area contributed by atoms with Crippen molar-refractivity contribution in [2.75, 3.05) is 16.8 Å². The topological polar surface area (TPSA) is 55.1 Å². The van der Waals surface area contributed by atoms with E-state index in [0.717, 1.165) is 23.1 Å². The standard InChI is InChI=1S/C15H12ClF3N2OS/c16-12-5-4-9(15(17,18)19)6-13(12)21-14(22)8-23-11-3-1-2-10(20)7-11/h1-7H,8,20H2,(H,21,22). The summed E-state index contributed by atoms with van der Waals surface area (Å²) < 4.78 is 38.0. The molecule has 0 heterocycles. The number of hydrogen-bond acceptors (Lipinski definition) is 3. The van der Waals surface area contributed by atoms with Crippen LogP contribution in [0.1, 0.15) is 5.56 Å². The van der Waals surface area contributed by atoms with E-state index in [1.807, 2.05) is 0 Å². The second kappa shape index (κ2) is 7.14. The molecule has 0 bridgehead atoms. The molecule has 0 aromatic heterocycles. The molecule has 122 valence electrons. The maximum atomic E-state index is 12.7. The number of nitrogens with two attached hydrogens (primary N) is 1. The molecule has 0 atom stereocenters. The maximum Gasteiger partial charge on any atom is 0.416 e. The molecule has 8 heteroatoms. The molecule has 0 saturated heterocycles. The number of alkyl halides is 3. The third-order valence-corrected chi connectivity index (χ3v) is 4.12. The Labute approximate surface area is 140 Å². The van der Waals surface area contributed by atoms with Gasteiger partial charge in [0.25, 0.3) is 0 Å². The van der Waals surface area contributed by atoms with Gasteiger partial charge in [-0.1, -0.05) is 17.7 Å². The molecule has 0 aliphatic carbocycles. The van der Waals surface area contributed by atoms with Gasteiger partial charge in [-0.25, -0.2) is 0 Å². The zero-order chi connectivity index (χ0) is 17.0. The van der Waals surface area contributed by atoms with E-state index in [2.05, 4.69) is 5.32 Å². The molecule has 3 N–H and O–H groups in total. The molecule has 2 aromatic rings. The van der Waals surface area contributed by atoms with E-state index >= 15 is 0 Å². The fourth-order valence-corrected chi connectivity index (χ4v) is 2.67. The quantitative estimate of drug-likeness (QED) is 0.615. The summed E-state index contributed by atoms with van der Waals surface area (Å²) in [4.78, 5) is 12.7. The molecule has 2 aromatic carbocycles. The number of nitrogens with one attached hydrogen (secondary N) is 1. The lowest BCUT2D eigenvalue weighted by molar-refractivity contribution is -0.137. The van der Waals surface area contributed by atoms with Crippen LogP contribution in [0.3, 0.4) is 0 Å². The lowest BCUT2D eigenvalue weighted by Gasteiger charge is -2.11. The van der Waals surface area contributed by atoms with E-state index in [1.165, 1.54) is 11.8 Å². The van der Waals surface area contributed by atoms with E-state index in [9.17, 15) is 18.0 Å². The van der Waals surface area contributed by atoms with E-state index in [0.29, 0.717) is 5.69 Å². The summed E-state index contributed by atoms with van der Waals surface area (Å²) in [6.45, 7) is 0. The Hall–Kier alpha value is -1.86. The molecular formula is C15H12ClF3N2OS. The van der Waals surface area contributed by atoms with Crippen molar-refractivity contribution in [2.45, 2.75) is 11.1 Å². The van der Waals surface area contributed by atoms with Crippen LogP contribution in [-0.4, -0.2) is 11.7 Å². The van der Waals surface area contributed by atoms with Crippen LogP contribution in [0.25, 0.3) is 0 Å². The molecule has 0 aliphatic rings. The van der Waals surface area contributed by atoms with Crippen molar-refractivity contribution in [1.29, 1.82) is 0 Å². The molecule has 0 radical (unpaired) electrons. The van der Waals surface area contributed by atoms with Crippen LogP contribution in [0.5, 0.6) is 0 Å². The van der Waals surface area contributed by atoms with Crippen molar-refractivity contribution >= 4 is 40.6 Å². The minimum atomic E-state index is -4.50. The number of thioether (sulfide) groups is 1. The molecule has 23 heavy (non-hydrogen) atoms. The van der Waals surface area contributed by atoms with Crippen molar-refractivity contribution in [3.05, 3.63) is 53.1 Å². The smallest absolute Gasteiger partial charge is 0.399 e. The van der Waals surface area contributed by atoms with Crippen molar-refractivity contribution in [3.8, 4) is 0 Å². The lowest BCUT2D eigenvalue weighted by Crippen LogP contribution is -2.15. The Morgan fingerprint density at radius 3 is 2.61 bits per heavy atom.